The molecule has 5 atom stereocenters. The summed E-state index contributed by atoms with van der Waals surface area (Å²) in [6.45, 7) is 8.56. The molecule has 1 saturated carbocycles. The Morgan fingerprint density at radius 1 is 0.914 bits per heavy atom. The summed E-state index contributed by atoms with van der Waals surface area (Å²) in [6.07, 6.45) is 5.38. The summed E-state index contributed by atoms with van der Waals surface area (Å²) in [5.74, 6) is -6.06. The Bertz CT molecular complexity index is 1600. The number of nitrogens with two attached hydrogens (primary N) is 1. The molecular formula is C44H64ClN3O10. The number of benzene rings is 1. The first-order valence-electron chi connectivity index (χ1n) is 21.0. The number of hydrogen-bond acceptors (Lipinski definition) is 10. The summed E-state index contributed by atoms with van der Waals surface area (Å²) in [5, 5.41) is 3.09. The van der Waals surface area contributed by atoms with Crippen molar-refractivity contribution in [1.29, 1.82) is 0 Å². The van der Waals surface area contributed by atoms with Crippen LogP contribution in [0.15, 0.2) is 24.3 Å². The first kappa shape index (κ1) is 48.4. The van der Waals surface area contributed by atoms with E-state index in [-0.39, 0.29) is 62.7 Å². The lowest BCUT2D eigenvalue weighted by molar-refractivity contribution is -0.162. The number of primary amides is 1. The average molecular weight is 830 g/mol. The predicted molar refractivity (Wildman–Crippen MR) is 218 cm³/mol. The Balaban J connectivity index is 1.81. The van der Waals surface area contributed by atoms with Crippen molar-refractivity contribution in [1.82, 2.24) is 10.2 Å². The molecule has 1 aliphatic heterocycles. The first-order chi connectivity index (χ1) is 27.4. The van der Waals surface area contributed by atoms with Gasteiger partial charge < -0.3 is 25.4 Å². The maximum Gasteiger partial charge on any atom is 0.332 e. The van der Waals surface area contributed by atoms with Crippen molar-refractivity contribution < 1.29 is 47.8 Å². The number of likely N-dealkylation sites (tertiary alicyclic amines) is 1. The van der Waals surface area contributed by atoms with E-state index in [1.54, 1.807) is 45.0 Å². The van der Waals surface area contributed by atoms with E-state index in [2.05, 4.69) is 5.32 Å². The van der Waals surface area contributed by atoms with Gasteiger partial charge in [0.25, 0.3) is 0 Å². The Kier molecular flexibility index (Phi) is 19.7. The third-order valence-electron chi connectivity index (χ3n) is 10.9. The Morgan fingerprint density at radius 2 is 1.59 bits per heavy atom. The molecule has 2 aliphatic rings. The summed E-state index contributed by atoms with van der Waals surface area (Å²) in [6, 6.07) is 5.08. The van der Waals surface area contributed by atoms with Crippen LogP contribution in [0.1, 0.15) is 136 Å². The lowest BCUT2D eigenvalue weighted by Crippen LogP contribution is -2.47. The quantitative estimate of drug-likeness (QED) is 0.0947. The molecule has 1 heterocycles. The fourth-order valence-corrected chi connectivity index (χ4v) is 8.09. The number of Topliss-reactive ketones (excluding diaryl/α,β-unsaturated/α-hetero) is 4. The molecule has 3 unspecified atom stereocenters. The second kappa shape index (κ2) is 23.6. The highest BCUT2D eigenvalue weighted by atomic mass is 35.5. The number of ketones is 4. The Morgan fingerprint density at radius 3 is 2.19 bits per heavy atom. The molecule has 58 heavy (non-hydrogen) atoms. The van der Waals surface area contributed by atoms with Crippen LogP contribution in [0.5, 0.6) is 0 Å². The zero-order valence-electron chi connectivity index (χ0n) is 35.0. The van der Waals surface area contributed by atoms with Crippen LogP contribution in [-0.2, 0) is 54.3 Å². The van der Waals surface area contributed by atoms with Crippen molar-refractivity contribution >= 4 is 58.4 Å². The molecule has 0 radical (unpaired) electrons. The summed E-state index contributed by atoms with van der Waals surface area (Å²) < 4.78 is 11.3. The second-order valence-corrected chi connectivity index (χ2v) is 17.4. The number of hydrogen-bond donors (Lipinski definition) is 2. The number of carbonyl (C=O) groups is 8. The van der Waals surface area contributed by atoms with Crippen LogP contribution >= 0.6 is 11.6 Å². The second-order valence-electron chi connectivity index (χ2n) is 16.9. The van der Waals surface area contributed by atoms with Crippen molar-refractivity contribution in [2.24, 2.45) is 23.5 Å². The van der Waals surface area contributed by atoms with Gasteiger partial charge in [-0.2, -0.15) is 0 Å². The summed E-state index contributed by atoms with van der Waals surface area (Å²) >= 11 is 6.05. The van der Waals surface area contributed by atoms with Gasteiger partial charge >= 0.3 is 5.97 Å². The van der Waals surface area contributed by atoms with Crippen molar-refractivity contribution in [3.63, 3.8) is 0 Å². The predicted octanol–water partition coefficient (Wildman–Crippen LogP) is 5.82. The highest BCUT2D eigenvalue weighted by molar-refractivity contribution is 6.38. The minimum absolute atomic E-state index is 0.00236. The normalized spacial score (nSPS) is 18.8. The van der Waals surface area contributed by atoms with Gasteiger partial charge in [0.05, 0.1) is 12.1 Å². The maximum atomic E-state index is 14.7. The van der Waals surface area contributed by atoms with E-state index in [1.165, 1.54) is 4.90 Å². The minimum Gasteiger partial charge on any atom is -0.458 e. The monoisotopic (exact) mass is 829 g/mol. The molecule has 0 spiro atoms. The van der Waals surface area contributed by atoms with Gasteiger partial charge in [0.1, 0.15) is 24.0 Å². The van der Waals surface area contributed by atoms with E-state index in [0.717, 1.165) is 44.1 Å². The molecule has 1 aromatic rings. The van der Waals surface area contributed by atoms with Crippen molar-refractivity contribution in [3.8, 4) is 0 Å². The zero-order valence-corrected chi connectivity index (χ0v) is 35.7. The standard InChI is InChI=1S/C44H64ClN3O10/c1-6-8-15-35(42(46)55)47-39(52)21-20-37(50)41(54)30(12-7-2)23-38(51)36-25-33(57-27-40(53)58-44(3,4)5)26-48(36)43(56)34(29-13-10-9-11-14-29)24-32(49)22-28-16-18-31(45)19-17-28/h16-19,29-30,33-36H,6-15,20-27H2,1-5H3,(H2,46,55)(H,47,52)/t30?,33-,34?,35?,36+/m1/s1. The highest BCUT2D eigenvalue weighted by Crippen LogP contribution is 2.36. The maximum absolute atomic E-state index is 14.7. The first-order valence-corrected chi connectivity index (χ1v) is 21.4. The van der Waals surface area contributed by atoms with Crippen molar-refractivity contribution in [3.05, 3.63) is 34.9 Å². The third kappa shape index (κ3) is 16.0. The Hall–Kier alpha value is -3.97. The molecule has 13 nitrogen and oxygen atoms in total. The van der Waals surface area contributed by atoms with Gasteiger partial charge in [-0.25, -0.2) is 4.79 Å². The topological polar surface area (TPSA) is 196 Å². The molecule has 0 aromatic heterocycles. The van der Waals surface area contributed by atoms with E-state index in [1.807, 2.05) is 13.8 Å². The molecule has 3 rings (SSSR count). The molecular weight excluding hydrogens is 766 g/mol. The highest BCUT2D eigenvalue weighted by Gasteiger charge is 2.45. The van der Waals surface area contributed by atoms with Gasteiger partial charge in [0.2, 0.25) is 23.5 Å². The van der Waals surface area contributed by atoms with E-state index in [0.29, 0.717) is 24.3 Å². The van der Waals surface area contributed by atoms with Crippen LogP contribution < -0.4 is 11.1 Å². The molecule has 3 N–H and O–H groups in total. The summed E-state index contributed by atoms with van der Waals surface area (Å²) in [7, 11) is 0. The smallest absolute Gasteiger partial charge is 0.332 e. The number of amides is 3. The van der Waals surface area contributed by atoms with Crippen LogP contribution in [-0.4, -0.2) is 88.7 Å². The van der Waals surface area contributed by atoms with Crippen molar-refractivity contribution in [2.45, 2.75) is 161 Å². The molecule has 3 amide bonds. The summed E-state index contributed by atoms with van der Waals surface area (Å²) in [5.41, 5.74) is 5.45. The number of ether oxygens (including phenoxy) is 2. The van der Waals surface area contributed by atoms with Gasteiger partial charge in [-0.15, -0.1) is 0 Å². The summed E-state index contributed by atoms with van der Waals surface area (Å²) in [4.78, 5) is 108. The Labute approximate surface area is 348 Å². The van der Waals surface area contributed by atoms with Gasteiger partial charge in [-0.1, -0.05) is 76.1 Å². The fraction of sp³-hybridized carbons (Fsp3) is 0.682. The third-order valence-corrected chi connectivity index (χ3v) is 11.2. The van der Waals surface area contributed by atoms with E-state index < -0.39 is 83.8 Å². The van der Waals surface area contributed by atoms with Gasteiger partial charge in [-0.3, -0.25) is 33.6 Å². The van der Waals surface area contributed by atoms with Crippen LogP contribution in [0.2, 0.25) is 5.02 Å². The molecule has 14 heteroatoms. The number of halogens is 1. The van der Waals surface area contributed by atoms with Crippen LogP contribution in [0.4, 0.5) is 0 Å². The fourth-order valence-electron chi connectivity index (χ4n) is 7.97. The lowest BCUT2D eigenvalue weighted by Gasteiger charge is -2.34. The van der Waals surface area contributed by atoms with Crippen LogP contribution in [0.3, 0.4) is 0 Å². The number of carbonyl (C=O) groups excluding carboxylic acids is 8. The van der Waals surface area contributed by atoms with E-state index in [9.17, 15) is 38.4 Å². The molecule has 0 bridgehead atoms. The number of nitrogens with zero attached hydrogens (tertiary/aromatic N) is 1. The van der Waals surface area contributed by atoms with Crippen LogP contribution in [0.25, 0.3) is 0 Å². The molecule has 2 fully saturated rings. The van der Waals surface area contributed by atoms with Crippen LogP contribution in [0, 0.1) is 17.8 Å². The molecule has 322 valence electrons. The van der Waals surface area contributed by atoms with Crippen molar-refractivity contribution in [2.75, 3.05) is 13.2 Å². The van der Waals surface area contributed by atoms with Gasteiger partial charge in [0.15, 0.2) is 11.6 Å². The minimum atomic E-state index is -1.02. The van der Waals surface area contributed by atoms with E-state index in [4.69, 9.17) is 26.8 Å². The van der Waals surface area contributed by atoms with E-state index >= 15 is 0 Å². The molecule has 1 aliphatic carbocycles. The average Bonchev–Trinajstić information content (AvgIpc) is 3.61. The molecule has 1 aromatic carbocycles. The zero-order chi connectivity index (χ0) is 43.0. The number of esters is 1. The number of nitrogens with one attached hydrogen (secondary N) is 1. The number of unbranched alkanes of at least 4 members (excludes halogenated alkanes) is 1. The van der Waals surface area contributed by atoms with Gasteiger partial charge in [0, 0.05) is 61.9 Å². The van der Waals surface area contributed by atoms with Gasteiger partial charge in [-0.05, 0) is 70.1 Å². The largest absolute Gasteiger partial charge is 0.458 e. The number of rotatable bonds is 24. The lowest BCUT2D eigenvalue weighted by atomic mass is 9.76. The SMILES string of the molecule is CCCCC(NC(=O)CCC(=O)C(=O)C(CCC)CC(=O)[C@@H]1C[C@@H](OCC(=O)OC(C)(C)C)CN1C(=O)C(CC(=O)Cc1ccc(Cl)cc1)C1CCCCC1)C(N)=O. The molecule has 1 saturated heterocycles.